The van der Waals surface area contributed by atoms with E-state index in [1.807, 2.05) is 30.3 Å². The van der Waals surface area contributed by atoms with Crippen molar-refractivity contribution in [1.82, 2.24) is 5.32 Å². The molecule has 2 heteroatoms. The van der Waals surface area contributed by atoms with Gasteiger partial charge < -0.3 is 5.32 Å². The lowest BCUT2D eigenvalue weighted by Gasteiger charge is -2.05. The Labute approximate surface area is 105 Å². The maximum Gasteiger partial charge on any atom is 0.251 e. The van der Waals surface area contributed by atoms with E-state index in [9.17, 15) is 4.79 Å². The fraction of sp³-hybridized carbons (Fsp3) is 0.0625. The van der Waals surface area contributed by atoms with Crippen LogP contribution in [0.1, 0.15) is 10.4 Å². The lowest BCUT2D eigenvalue weighted by molar-refractivity contribution is 0.0963. The van der Waals surface area contributed by atoms with Gasteiger partial charge in [0.05, 0.1) is 0 Å². The highest BCUT2D eigenvalue weighted by Crippen LogP contribution is 2.23. The molecule has 0 bridgehead atoms. The van der Waals surface area contributed by atoms with E-state index >= 15 is 0 Å². The molecular weight excluding hydrogens is 222 g/mol. The molecule has 1 amide bonds. The number of benzene rings is 3. The molecule has 0 aliphatic heterocycles. The molecule has 0 fully saturated rings. The number of hydrogen-bond acceptors (Lipinski definition) is 1. The zero-order valence-corrected chi connectivity index (χ0v) is 10.1. The van der Waals surface area contributed by atoms with Gasteiger partial charge in [-0.05, 0) is 45.8 Å². The SMILES string of the molecule is CNC(=O)c1ccc2cc3ccccc3cc2c1. The highest BCUT2D eigenvalue weighted by Gasteiger charge is 2.04. The van der Waals surface area contributed by atoms with Crippen molar-refractivity contribution in [2.75, 3.05) is 7.05 Å². The van der Waals surface area contributed by atoms with Crippen molar-refractivity contribution in [3.8, 4) is 0 Å². The first-order chi connectivity index (χ1) is 8.78. The van der Waals surface area contributed by atoms with Crippen LogP contribution >= 0.6 is 0 Å². The van der Waals surface area contributed by atoms with Crippen molar-refractivity contribution >= 4 is 27.5 Å². The second-order valence-electron chi connectivity index (χ2n) is 4.34. The zero-order valence-electron chi connectivity index (χ0n) is 10.1. The van der Waals surface area contributed by atoms with Crippen molar-refractivity contribution in [1.29, 1.82) is 0 Å². The normalized spacial score (nSPS) is 10.7. The van der Waals surface area contributed by atoms with Crippen LogP contribution in [-0.4, -0.2) is 13.0 Å². The second kappa shape index (κ2) is 4.15. The van der Waals surface area contributed by atoms with Crippen LogP contribution in [0, 0.1) is 0 Å². The highest BCUT2D eigenvalue weighted by atomic mass is 16.1. The van der Waals surface area contributed by atoms with Crippen LogP contribution in [0.5, 0.6) is 0 Å². The van der Waals surface area contributed by atoms with Gasteiger partial charge in [-0.3, -0.25) is 4.79 Å². The summed E-state index contributed by atoms with van der Waals surface area (Å²) < 4.78 is 0. The van der Waals surface area contributed by atoms with E-state index in [4.69, 9.17) is 0 Å². The van der Waals surface area contributed by atoms with Crippen LogP contribution in [0.15, 0.2) is 54.6 Å². The number of amides is 1. The quantitative estimate of drug-likeness (QED) is 0.644. The van der Waals surface area contributed by atoms with Gasteiger partial charge in [-0.15, -0.1) is 0 Å². The predicted molar refractivity (Wildman–Crippen MR) is 74.8 cm³/mol. The van der Waals surface area contributed by atoms with E-state index in [-0.39, 0.29) is 5.91 Å². The van der Waals surface area contributed by atoms with Crippen LogP contribution in [0.25, 0.3) is 21.5 Å². The van der Waals surface area contributed by atoms with E-state index in [1.54, 1.807) is 7.05 Å². The molecule has 0 unspecified atom stereocenters. The first-order valence-corrected chi connectivity index (χ1v) is 5.92. The summed E-state index contributed by atoms with van der Waals surface area (Å²) in [6, 6.07) is 18.3. The summed E-state index contributed by atoms with van der Waals surface area (Å²) in [5.74, 6) is -0.0509. The molecule has 18 heavy (non-hydrogen) atoms. The summed E-state index contributed by atoms with van der Waals surface area (Å²) in [5, 5.41) is 7.30. The molecule has 0 spiro atoms. The first-order valence-electron chi connectivity index (χ1n) is 5.92. The molecule has 0 radical (unpaired) electrons. The molecular formula is C16H13NO. The average Bonchev–Trinajstić information content (AvgIpc) is 2.43. The predicted octanol–water partition coefficient (Wildman–Crippen LogP) is 3.35. The van der Waals surface area contributed by atoms with Crippen LogP contribution in [0.3, 0.4) is 0 Å². The minimum Gasteiger partial charge on any atom is -0.355 e. The molecule has 0 saturated heterocycles. The molecule has 2 nitrogen and oxygen atoms in total. The van der Waals surface area contributed by atoms with Gasteiger partial charge >= 0.3 is 0 Å². The largest absolute Gasteiger partial charge is 0.355 e. The second-order valence-corrected chi connectivity index (χ2v) is 4.34. The van der Waals surface area contributed by atoms with Gasteiger partial charge in [0.1, 0.15) is 0 Å². The first kappa shape index (κ1) is 10.8. The Morgan fingerprint density at radius 3 is 2.11 bits per heavy atom. The minimum absolute atomic E-state index is 0.0509. The van der Waals surface area contributed by atoms with Gasteiger partial charge in [-0.25, -0.2) is 0 Å². The lowest BCUT2D eigenvalue weighted by atomic mass is 10.0. The summed E-state index contributed by atoms with van der Waals surface area (Å²) in [5.41, 5.74) is 0.695. The summed E-state index contributed by atoms with van der Waals surface area (Å²) >= 11 is 0. The Hall–Kier alpha value is -2.35. The van der Waals surface area contributed by atoms with Gasteiger partial charge in [0, 0.05) is 12.6 Å². The third-order valence-electron chi connectivity index (χ3n) is 3.19. The Kier molecular flexibility index (Phi) is 2.49. The topological polar surface area (TPSA) is 29.1 Å². The molecule has 0 aliphatic rings. The highest BCUT2D eigenvalue weighted by molar-refractivity contribution is 6.02. The number of hydrogen-bond donors (Lipinski definition) is 1. The van der Waals surface area contributed by atoms with Crippen LogP contribution in [0.4, 0.5) is 0 Å². The Morgan fingerprint density at radius 2 is 1.44 bits per heavy atom. The van der Waals surface area contributed by atoms with Gasteiger partial charge in [-0.2, -0.15) is 0 Å². The lowest BCUT2D eigenvalue weighted by Crippen LogP contribution is -2.17. The van der Waals surface area contributed by atoms with Crippen LogP contribution in [0.2, 0.25) is 0 Å². The van der Waals surface area contributed by atoms with E-state index < -0.39 is 0 Å². The van der Waals surface area contributed by atoms with Crippen LogP contribution in [-0.2, 0) is 0 Å². The van der Waals surface area contributed by atoms with Crippen molar-refractivity contribution < 1.29 is 4.79 Å². The Bertz CT molecular complexity index is 746. The average molecular weight is 235 g/mol. The molecule has 3 aromatic carbocycles. The molecule has 3 aromatic rings. The van der Waals surface area contributed by atoms with E-state index in [0.29, 0.717) is 5.56 Å². The van der Waals surface area contributed by atoms with Crippen LogP contribution < -0.4 is 5.32 Å². The van der Waals surface area contributed by atoms with E-state index in [1.165, 1.54) is 10.8 Å². The van der Waals surface area contributed by atoms with E-state index in [0.717, 1.165) is 10.8 Å². The molecule has 1 N–H and O–H groups in total. The van der Waals surface area contributed by atoms with Crippen molar-refractivity contribution in [2.45, 2.75) is 0 Å². The maximum absolute atomic E-state index is 11.6. The summed E-state index contributed by atoms with van der Waals surface area (Å²) in [7, 11) is 1.65. The maximum atomic E-state index is 11.6. The number of fused-ring (bicyclic) bond motifs is 2. The Balaban J connectivity index is 2.27. The van der Waals surface area contributed by atoms with Gasteiger partial charge in [-0.1, -0.05) is 30.3 Å². The molecule has 0 saturated carbocycles. The molecule has 0 aliphatic carbocycles. The number of nitrogens with one attached hydrogen (secondary N) is 1. The third-order valence-corrected chi connectivity index (χ3v) is 3.19. The summed E-state index contributed by atoms with van der Waals surface area (Å²) in [4.78, 5) is 11.6. The summed E-state index contributed by atoms with van der Waals surface area (Å²) in [6.07, 6.45) is 0. The number of carbonyl (C=O) groups excluding carboxylic acids is 1. The fourth-order valence-corrected chi connectivity index (χ4v) is 2.23. The van der Waals surface area contributed by atoms with Gasteiger partial charge in [0.25, 0.3) is 5.91 Å². The van der Waals surface area contributed by atoms with Gasteiger partial charge in [0.15, 0.2) is 0 Å². The van der Waals surface area contributed by atoms with Crippen molar-refractivity contribution in [2.24, 2.45) is 0 Å². The van der Waals surface area contributed by atoms with Crippen molar-refractivity contribution in [3.05, 3.63) is 60.2 Å². The van der Waals surface area contributed by atoms with Crippen molar-refractivity contribution in [3.63, 3.8) is 0 Å². The zero-order chi connectivity index (χ0) is 12.5. The van der Waals surface area contributed by atoms with E-state index in [2.05, 4.69) is 29.6 Å². The number of rotatable bonds is 1. The summed E-state index contributed by atoms with van der Waals surface area (Å²) in [6.45, 7) is 0. The third kappa shape index (κ3) is 1.72. The molecule has 0 heterocycles. The smallest absolute Gasteiger partial charge is 0.251 e. The molecule has 0 atom stereocenters. The fourth-order valence-electron chi connectivity index (χ4n) is 2.23. The Morgan fingerprint density at radius 1 is 0.833 bits per heavy atom. The van der Waals surface area contributed by atoms with Gasteiger partial charge in [0.2, 0.25) is 0 Å². The molecule has 88 valence electrons. The monoisotopic (exact) mass is 235 g/mol. The standard InChI is InChI=1S/C16H13NO/c1-17-16(18)14-7-6-13-8-11-4-2-3-5-12(11)9-15(13)10-14/h2-10H,1H3,(H,17,18). The number of carbonyl (C=O) groups is 1. The minimum atomic E-state index is -0.0509. The molecule has 0 aromatic heterocycles. The molecule has 3 rings (SSSR count).